The van der Waals surface area contributed by atoms with E-state index in [1.807, 2.05) is 55.9 Å². The van der Waals surface area contributed by atoms with E-state index in [-0.39, 0.29) is 5.91 Å². The summed E-state index contributed by atoms with van der Waals surface area (Å²) in [5, 5.41) is 2.92. The number of pyridine rings is 1. The highest BCUT2D eigenvalue weighted by atomic mass is 16.5. The lowest BCUT2D eigenvalue weighted by atomic mass is 10.2. The fraction of sp³-hybridized carbons (Fsp3) is 0.125. The maximum absolute atomic E-state index is 12.9. The number of aromatic nitrogens is 6. The zero-order chi connectivity index (χ0) is 22.9. The Morgan fingerprint density at radius 3 is 2.55 bits per heavy atom. The summed E-state index contributed by atoms with van der Waals surface area (Å²) in [5.74, 6) is 2.86. The van der Waals surface area contributed by atoms with Crippen molar-refractivity contribution >= 4 is 17.2 Å². The Balaban J connectivity index is 1.33. The van der Waals surface area contributed by atoms with E-state index < -0.39 is 0 Å². The summed E-state index contributed by atoms with van der Waals surface area (Å²) in [6.07, 6.45) is 5.38. The molecule has 0 bridgehead atoms. The summed E-state index contributed by atoms with van der Waals surface area (Å²) < 4.78 is 9.58. The van der Waals surface area contributed by atoms with Gasteiger partial charge in [-0.1, -0.05) is 6.07 Å². The van der Waals surface area contributed by atoms with Gasteiger partial charge in [0, 0.05) is 30.3 Å². The smallest absolute Gasteiger partial charge is 0.274 e. The van der Waals surface area contributed by atoms with E-state index in [0.29, 0.717) is 40.3 Å². The normalized spacial score (nSPS) is 11.0. The number of fused-ring (bicyclic) bond motifs is 1. The Kier molecular flexibility index (Phi) is 5.06. The van der Waals surface area contributed by atoms with Crippen molar-refractivity contribution < 1.29 is 9.53 Å². The largest absolute Gasteiger partial charge is 0.439 e. The summed E-state index contributed by atoms with van der Waals surface area (Å²) in [6.45, 7) is 5.53. The van der Waals surface area contributed by atoms with Gasteiger partial charge in [-0.15, -0.1) is 0 Å². The van der Waals surface area contributed by atoms with Crippen LogP contribution in [0.25, 0.3) is 11.5 Å². The Morgan fingerprint density at radius 1 is 0.970 bits per heavy atom. The predicted octanol–water partition coefficient (Wildman–Crippen LogP) is 4.28. The second kappa shape index (κ2) is 8.19. The molecule has 1 N–H and O–H groups in total. The average Bonchev–Trinajstić information content (AvgIpc) is 3.36. The summed E-state index contributed by atoms with van der Waals surface area (Å²) in [7, 11) is 0. The van der Waals surface area contributed by atoms with Gasteiger partial charge in [-0.2, -0.15) is 4.98 Å². The summed E-state index contributed by atoms with van der Waals surface area (Å²) in [4.78, 5) is 30.4. The van der Waals surface area contributed by atoms with Crippen molar-refractivity contribution in [2.24, 2.45) is 0 Å². The highest BCUT2D eigenvalue weighted by Gasteiger charge is 2.16. The molecule has 0 saturated heterocycles. The molecule has 0 aliphatic carbocycles. The van der Waals surface area contributed by atoms with Gasteiger partial charge in [0.05, 0.1) is 5.69 Å². The molecule has 33 heavy (non-hydrogen) atoms. The first-order chi connectivity index (χ1) is 16.0. The molecule has 4 heterocycles. The van der Waals surface area contributed by atoms with E-state index in [0.717, 1.165) is 11.5 Å². The first-order valence-corrected chi connectivity index (χ1v) is 10.4. The van der Waals surface area contributed by atoms with Gasteiger partial charge in [-0.25, -0.2) is 15.0 Å². The van der Waals surface area contributed by atoms with Crippen LogP contribution >= 0.6 is 0 Å². The second-order valence-electron chi connectivity index (χ2n) is 7.51. The number of hydrogen-bond donors (Lipinski definition) is 1. The van der Waals surface area contributed by atoms with Gasteiger partial charge in [-0.3, -0.25) is 13.8 Å². The summed E-state index contributed by atoms with van der Waals surface area (Å²) >= 11 is 0. The van der Waals surface area contributed by atoms with Gasteiger partial charge < -0.3 is 10.1 Å². The van der Waals surface area contributed by atoms with Crippen LogP contribution in [0.5, 0.6) is 11.6 Å². The maximum Gasteiger partial charge on any atom is 0.274 e. The molecule has 0 aliphatic rings. The minimum Gasteiger partial charge on any atom is -0.439 e. The number of benzene rings is 1. The third-order valence-electron chi connectivity index (χ3n) is 5.13. The van der Waals surface area contributed by atoms with Gasteiger partial charge in [0.2, 0.25) is 5.88 Å². The lowest BCUT2D eigenvalue weighted by molar-refractivity contribution is 0.102. The van der Waals surface area contributed by atoms with Crippen molar-refractivity contribution in [3.8, 4) is 17.4 Å². The van der Waals surface area contributed by atoms with Gasteiger partial charge in [0.1, 0.15) is 34.6 Å². The number of hydrogen-bond acceptors (Lipinski definition) is 6. The zero-order valence-corrected chi connectivity index (χ0v) is 18.4. The Hall–Kier alpha value is -4.53. The molecule has 9 heteroatoms. The van der Waals surface area contributed by atoms with Crippen LogP contribution in [-0.2, 0) is 0 Å². The molecule has 164 valence electrons. The number of carbonyl (C=O) groups excluding carboxylic acids is 1. The van der Waals surface area contributed by atoms with Crippen molar-refractivity contribution in [1.82, 2.24) is 28.9 Å². The number of carbonyl (C=O) groups is 1. The molecule has 4 aromatic heterocycles. The molecule has 5 rings (SSSR count). The quantitative estimate of drug-likeness (QED) is 0.439. The van der Waals surface area contributed by atoms with E-state index in [2.05, 4.69) is 25.3 Å². The van der Waals surface area contributed by atoms with E-state index in [4.69, 9.17) is 4.74 Å². The maximum atomic E-state index is 12.9. The minimum absolute atomic E-state index is 0.230. The van der Waals surface area contributed by atoms with E-state index >= 15 is 0 Å². The summed E-state index contributed by atoms with van der Waals surface area (Å²) in [6, 6.07) is 14.5. The van der Waals surface area contributed by atoms with Crippen LogP contribution in [0.4, 0.5) is 5.69 Å². The molecule has 9 nitrogen and oxygen atoms in total. The number of rotatable bonds is 5. The zero-order valence-electron chi connectivity index (χ0n) is 18.4. The van der Waals surface area contributed by atoms with Crippen LogP contribution < -0.4 is 10.1 Å². The average molecular weight is 439 g/mol. The van der Waals surface area contributed by atoms with Crippen molar-refractivity contribution in [3.05, 3.63) is 90.2 Å². The van der Waals surface area contributed by atoms with Crippen LogP contribution in [0.2, 0.25) is 0 Å². The van der Waals surface area contributed by atoms with Crippen molar-refractivity contribution in [1.29, 1.82) is 0 Å². The van der Waals surface area contributed by atoms with Gasteiger partial charge >= 0.3 is 0 Å². The van der Waals surface area contributed by atoms with E-state index in [1.165, 1.54) is 0 Å². The van der Waals surface area contributed by atoms with Crippen molar-refractivity contribution in [3.63, 3.8) is 0 Å². The molecular formula is C24H21N7O2. The molecular weight excluding hydrogens is 418 g/mol. The number of ether oxygens (including phenoxy) is 1. The second-order valence-corrected chi connectivity index (χ2v) is 7.51. The molecule has 5 aromatic rings. The Bertz CT molecular complexity index is 1470. The number of amides is 1. The molecule has 1 amide bonds. The highest BCUT2D eigenvalue weighted by molar-refractivity contribution is 6.04. The monoisotopic (exact) mass is 439 g/mol. The van der Waals surface area contributed by atoms with Crippen molar-refractivity contribution in [2.75, 3.05) is 5.32 Å². The van der Waals surface area contributed by atoms with Gasteiger partial charge in [-0.05, 0) is 57.2 Å². The van der Waals surface area contributed by atoms with E-state index in [1.54, 1.807) is 40.9 Å². The lowest BCUT2D eigenvalue weighted by Crippen LogP contribution is -2.15. The van der Waals surface area contributed by atoms with Crippen LogP contribution in [0, 0.1) is 20.8 Å². The first kappa shape index (κ1) is 20.4. The fourth-order valence-electron chi connectivity index (χ4n) is 3.63. The molecule has 0 aliphatic heterocycles. The molecule has 0 spiro atoms. The molecule has 0 radical (unpaired) electrons. The number of imidazole rings is 2. The summed E-state index contributed by atoms with van der Waals surface area (Å²) in [5.41, 5.74) is 2.55. The van der Waals surface area contributed by atoms with Gasteiger partial charge in [0.15, 0.2) is 0 Å². The number of aryl methyl sites for hydroxylation is 3. The van der Waals surface area contributed by atoms with Crippen LogP contribution in [0.1, 0.15) is 27.8 Å². The molecule has 1 aromatic carbocycles. The molecule has 0 unspecified atom stereocenters. The standard InChI is InChI=1S/C24H21N7O2/c1-15-23(31-12-5-4-6-20(31)26-15)24(32)29-18-7-9-19(10-8-18)33-22-14-21(27-16(2)28-22)30-13-11-25-17(30)3/h4-14H,1-3H3,(H,29,32). The fourth-order valence-corrected chi connectivity index (χ4v) is 3.63. The SMILES string of the molecule is Cc1nc(Oc2ccc(NC(=O)c3c(C)nc4ccccn34)cc2)cc(-n2ccnc2C)n1. The third kappa shape index (κ3) is 4.03. The van der Waals surface area contributed by atoms with Crippen LogP contribution in [0.15, 0.2) is 67.1 Å². The van der Waals surface area contributed by atoms with Crippen molar-refractivity contribution in [2.45, 2.75) is 20.8 Å². The lowest BCUT2D eigenvalue weighted by Gasteiger charge is -2.10. The van der Waals surface area contributed by atoms with Gasteiger partial charge in [0.25, 0.3) is 5.91 Å². The third-order valence-corrected chi connectivity index (χ3v) is 5.13. The Labute approximate surface area is 189 Å². The topological polar surface area (TPSA) is 99.2 Å². The van der Waals surface area contributed by atoms with E-state index in [9.17, 15) is 4.79 Å². The molecule has 0 saturated carbocycles. The minimum atomic E-state index is -0.230. The molecule has 0 fully saturated rings. The number of nitrogens with one attached hydrogen (secondary N) is 1. The highest BCUT2D eigenvalue weighted by Crippen LogP contribution is 2.24. The number of nitrogens with zero attached hydrogens (tertiary/aromatic N) is 6. The predicted molar refractivity (Wildman–Crippen MR) is 123 cm³/mol. The number of anilines is 1. The Morgan fingerprint density at radius 2 is 1.79 bits per heavy atom. The molecule has 0 atom stereocenters. The van der Waals surface area contributed by atoms with Crippen LogP contribution in [0.3, 0.4) is 0 Å². The van der Waals surface area contributed by atoms with Crippen LogP contribution in [-0.4, -0.2) is 34.8 Å². The first-order valence-electron chi connectivity index (χ1n) is 10.4.